The van der Waals surface area contributed by atoms with E-state index >= 15 is 8.78 Å². The molecule has 3 aliphatic heterocycles. The Bertz CT molecular complexity index is 1160. The molecule has 4 fully saturated rings. The van der Waals surface area contributed by atoms with Crippen molar-refractivity contribution in [3.05, 3.63) is 23.8 Å². The molecule has 1 unspecified atom stereocenters. The van der Waals surface area contributed by atoms with Crippen LogP contribution in [-0.4, -0.2) is 80.3 Å². The topological polar surface area (TPSA) is 94.2 Å². The molecule has 3 saturated heterocycles. The van der Waals surface area contributed by atoms with Gasteiger partial charge >= 0.3 is 6.09 Å². The molecule has 5 rings (SSSR count). The lowest BCUT2D eigenvalue weighted by molar-refractivity contribution is -0.134. The van der Waals surface area contributed by atoms with Crippen LogP contribution in [0.25, 0.3) is 0 Å². The molecule has 3 heterocycles. The Morgan fingerprint density at radius 3 is 2.26 bits per heavy atom. The van der Waals surface area contributed by atoms with Gasteiger partial charge in [0.05, 0.1) is 0 Å². The number of likely N-dealkylation sites (tertiary alicyclic amines) is 1. The van der Waals surface area contributed by atoms with Gasteiger partial charge in [-0.15, -0.1) is 0 Å². The quantitative estimate of drug-likeness (QED) is 0.481. The zero-order valence-corrected chi connectivity index (χ0v) is 25.3. The lowest BCUT2D eigenvalue weighted by Gasteiger charge is -2.52. The van der Waals surface area contributed by atoms with Crippen molar-refractivity contribution in [2.24, 2.45) is 11.3 Å². The Balaban J connectivity index is 1.06. The lowest BCUT2D eigenvalue weighted by atomic mass is 9.60. The molecule has 1 aliphatic carbocycles. The highest BCUT2D eigenvalue weighted by Crippen LogP contribution is 2.49. The molecule has 11 heteroatoms. The second kappa shape index (κ2) is 12.0. The van der Waals surface area contributed by atoms with Crippen molar-refractivity contribution in [1.82, 2.24) is 15.5 Å². The van der Waals surface area contributed by atoms with Crippen LogP contribution in [0.3, 0.4) is 0 Å². The average Bonchev–Trinajstić information content (AvgIpc) is 2.88. The summed E-state index contributed by atoms with van der Waals surface area (Å²) in [6.45, 7) is 9.89. The number of hydrogen-bond acceptors (Lipinski definition) is 7. The second-order valence-electron chi connectivity index (χ2n) is 13.8. The zero-order chi connectivity index (χ0) is 30.2. The molecule has 1 saturated carbocycles. The Morgan fingerprint density at radius 2 is 1.69 bits per heavy atom. The van der Waals surface area contributed by atoms with E-state index in [0.29, 0.717) is 30.8 Å². The number of alkyl carbamates (subject to hydrolysis) is 1. The number of likely N-dealkylation sites (N-methyl/N-ethyl adjacent to an activating group) is 1. The molecule has 4 aliphatic rings. The first-order valence-corrected chi connectivity index (χ1v) is 15.3. The number of imide groups is 1. The first kappa shape index (κ1) is 30.5. The third kappa shape index (κ3) is 6.98. The van der Waals surface area contributed by atoms with Gasteiger partial charge in [0.2, 0.25) is 11.8 Å². The molecular formula is C31H45F2N5O4. The fourth-order valence-corrected chi connectivity index (χ4v) is 7.17. The van der Waals surface area contributed by atoms with Gasteiger partial charge in [-0.3, -0.25) is 14.9 Å². The van der Waals surface area contributed by atoms with Gasteiger partial charge in [-0.25, -0.2) is 13.6 Å². The smallest absolute Gasteiger partial charge is 0.407 e. The molecule has 0 aromatic heterocycles. The van der Waals surface area contributed by atoms with E-state index in [9.17, 15) is 14.4 Å². The van der Waals surface area contributed by atoms with Gasteiger partial charge in [0.15, 0.2) is 11.6 Å². The van der Waals surface area contributed by atoms with Crippen LogP contribution < -0.4 is 20.4 Å². The van der Waals surface area contributed by atoms with Crippen molar-refractivity contribution < 1.29 is 27.9 Å². The number of nitrogens with one attached hydrogen (secondary N) is 2. The van der Waals surface area contributed by atoms with E-state index in [1.165, 1.54) is 17.0 Å². The Labute approximate surface area is 247 Å². The molecule has 1 spiro atoms. The van der Waals surface area contributed by atoms with Crippen molar-refractivity contribution in [2.45, 2.75) is 89.8 Å². The largest absolute Gasteiger partial charge is 0.444 e. The predicted molar refractivity (Wildman–Crippen MR) is 156 cm³/mol. The summed E-state index contributed by atoms with van der Waals surface area (Å²) in [4.78, 5) is 41.6. The summed E-state index contributed by atoms with van der Waals surface area (Å²) in [6, 6.07) is 2.12. The van der Waals surface area contributed by atoms with Crippen molar-refractivity contribution in [3.8, 4) is 0 Å². The third-order valence-electron chi connectivity index (χ3n) is 9.53. The number of halogens is 2. The molecule has 1 aromatic carbocycles. The number of hydrogen-bond donors (Lipinski definition) is 2. The number of nitrogens with zero attached hydrogens (tertiary/aromatic N) is 3. The van der Waals surface area contributed by atoms with Crippen LogP contribution in [0.4, 0.5) is 25.0 Å². The maximum Gasteiger partial charge on any atom is 0.407 e. The summed E-state index contributed by atoms with van der Waals surface area (Å²) < 4.78 is 35.9. The standard InChI is InChI=1S/C31H45F2N5O4/c1-30(2,3)42-29(41)34-21-17-31(18-21)9-13-37(14-10-31)19-20-7-11-38(12-8-20)27-23(32)15-22(16-24(27)33)36(4)25-5-6-26(39)35-28(25)40/h15-16,20-21,25H,5-14,17-19H2,1-4H3,(H,34,41)(H,35,39,40). The number of amides is 3. The minimum Gasteiger partial charge on any atom is -0.444 e. The van der Waals surface area contributed by atoms with Crippen molar-refractivity contribution in [3.63, 3.8) is 0 Å². The summed E-state index contributed by atoms with van der Waals surface area (Å²) in [5, 5.41) is 5.30. The maximum absolute atomic E-state index is 15.2. The number of anilines is 2. The third-order valence-corrected chi connectivity index (χ3v) is 9.53. The number of carbonyl (C=O) groups excluding carboxylic acids is 3. The van der Waals surface area contributed by atoms with Gasteiger partial charge in [0, 0.05) is 44.8 Å². The van der Waals surface area contributed by atoms with Crippen molar-refractivity contribution in [2.75, 3.05) is 49.6 Å². The SMILES string of the molecule is CN(c1cc(F)c(N2CCC(CN3CCC4(CC3)CC(NC(=O)OC(C)(C)C)C4)CC2)c(F)c1)C1CCC(=O)NC1=O. The summed E-state index contributed by atoms with van der Waals surface area (Å²) in [5.74, 6) is -1.56. The minimum absolute atomic E-state index is 0.00619. The first-order chi connectivity index (χ1) is 19.8. The average molecular weight is 590 g/mol. The van der Waals surface area contributed by atoms with E-state index in [1.807, 2.05) is 20.8 Å². The van der Waals surface area contributed by atoms with E-state index in [0.717, 1.165) is 58.2 Å². The molecular weight excluding hydrogens is 544 g/mol. The fraction of sp³-hybridized carbons (Fsp3) is 0.710. The summed E-state index contributed by atoms with van der Waals surface area (Å²) in [6.07, 6.45) is 6.22. The van der Waals surface area contributed by atoms with E-state index in [4.69, 9.17) is 4.74 Å². The molecule has 0 bridgehead atoms. The van der Waals surface area contributed by atoms with Gasteiger partial charge in [0.1, 0.15) is 17.3 Å². The minimum atomic E-state index is -0.646. The Kier molecular flexibility index (Phi) is 8.70. The lowest BCUT2D eigenvalue weighted by Crippen LogP contribution is -2.55. The summed E-state index contributed by atoms with van der Waals surface area (Å²) in [7, 11) is 1.62. The van der Waals surface area contributed by atoms with Crippen LogP contribution >= 0.6 is 0 Å². The summed E-state index contributed by atoms with van der Waals surface area (Å²) in [5.41, 5.74) is 0.108. The fourth-order valence-electron chi connectivity index (χ4n) is 7.17. The number of rotatable bonds is 6. The number of benzene rings is 1. The van der Waals surface area contributed by atoms with Gasteiger partial charge in [-0.05, 0) is 102 Å². The molecule has 0 radical (unpaired) electrons. The van der Waals surface area contributed by atoms with E-state index < -0.39 is 29.2 Å². The molecule has 232 valence electrons. The van der Waals surface area contributed by atoms with E-state index in [-0.39, 0.29) is 35.8 Å². The van der Waals surface area contributed by atoms with Crippen LogP contribution in [-0.2, 0) is 14.3 Å². The molecule has 3 amide bonds. The first-order valence-electron chi connectivity index (χ1n) is 15.3. The van der Waals surface area contributed by atoms with Crippen molar-refractivity contribution >= 4 is 29.3 Å². The van der Waals surface area contributed by atoms with Gasteiger partial charge < -0.3 is 24.8 Å². The van der Waals surface area contributed by atoms with Gasteiger partial charge in [-0.1, -0.05) is 0 Å². The Hall–Kier alpha value is -2.95. The Morgan fingerprint density at radius 1 is 1.07 bits per heavy atom. The molecule has 42 heavy (non-hydrogen) atoms. The summed E-state index contributed by atoms with van der Waals surface area (Å²) >= 11 is 0. The van der Waals surface area contributed by atoms with Crippen molar-refractivity contribution in [1.29, 1.82) is 0 Å². The van der Waals surface area contributed by atoms with E-state index in [1.54, 1.807) is 11.9 Å². The van der Waals surface area contributed by atoms with Crippen LogP contribution in [0.15, 0.2) is 12.1 Å². The van der Waals surface area contributed by atoms with Crippen LogP contribution in [0.1, 0.15) is 72.1 Å². The predicted octanol–water partition coefficient (Wildman–Crippen LogP) is 4.19. The molecule has 2 N–H and O–H groups in total. The van der Waals surface area contributed by atoms with Crippen LogP contribution in [0.5, 0.6) is 0 Å². The normalized spacial score (nSPS) is 23.9. The number of carbonyl (C=O) groups is 3. The monoisotopic (exact) mass is 589 g/mol. The van der Waals surface area contributed by atoms with Gasteiger partial charge in [-0.2, -0.15) is 0 Å². The zero-order valence-electron chi connectivity index (χ0n) is 25.3. The number of ether oxygens (including phenoxy) is 1. The highest BCUT2D eigenvalue weighted by atomic mass is 19.1. The highest BCUT2D eigenvalue weighted by molar-refractivity contribution is 6.01. The molecule has 1 atom stereocenters. The van der Waals surface area contributed by atoms with Gasteiger partial charge in [0.25, 0.3) is 0 Å². The number of piperidine rings is 3. The second-order valence-corrected chi connectivity index (χ2v) is 13.8. The maximum atomic E-state index is 15.2. The van der Waals surface area contributed by atoms with Crippen LogP contribution in [0, 0.1) is 23.0 Å². The molecule has 9 nitrogen and oxygen atoms in total. The molecule has 1 aromatic rings. The van der Waals surface area contributed by atoms with Crippen LogP contribution in [0.2, 0.25) is 0 Å². The highest BCUT2D eigenvalue weighted by Gasteiger charge is 2.46. The van der Waals surface area contributed by atoms with E-state index in [2.05, 4.69) is 15.5 Å².